The first-order chi connectivity index (χ1) is 6.56. The van der Waals surface area contributed by atoms with E-state index in [0.29, 0.717) is 0 Å². The highest BCUT2D eigenvalue weighted by Crippen LogP contribution is 1.93. The molecule has 0 heterocycles. The first kappa shape index (κ1) is 12.2. The van der Waals surface area contributed by atoms with Crippen LogP contribution in [0.5, 0.6) is 0 Å². The maximum absolute atomic E-state index is 11.0. The smallest absolute Gasteiger partial charge is 0.436 e. The van der Waals surface area contributed by atoms with E-state index in [-0.39, 0.29) is 12.5 Å². The average molecular weight is 202 g/mol. The molecule has 0 aromatic heterocycles. The van der Waals surface area contributed by atoms with Crippen molar-refractivity contribution in [3.63, 3.8) is 0 Å². The third-order valence-electron chi connectivity index (χ3n) is 1.28. The molecule has 2 amide bonds. The molecule has 0 unspecified atom stereocenters. The van der Waals surface area contributed by atoms with Crippen LogP contribution in [0, 0.1) is 6.92 Å². The van der Waals surface area contributed by atoms with E-state index in [4.69, 9.17) is 5.73 Å². The molecule has 0 bridgehead atoms. The van der Waals surface area contributed by atoms with Crippen LogP contribution in [0.4, 0.5) is 9.59 Å². The van der Waals surface area contributed by atoms with Crippen LogP contribution >= 0.6 is 0 Å². The molecule has 2 N–H and O–H groups in total. The lowest BCUT2D eigenvalue weighted by molar-refractivity contribution is 0.148. The highest BCUT2D eigenvalue weighted by atomic mass is 16.5. The second-order valence-corrected chi connectivity index (χ2v) is 2.06. The van der Waals surface area contributed by atoms with Gasteiger partial charge in [-0.2, -0.15) is 0 Å². The van der Waals surface area contributed by atoms with Crippen molar-refractivity contribution in [3.05, 3.63) is 6.92 Å². The van der Waals surface area contributed by atoms with E-state index in [0.717, 1.165) is 12.0 Å². The van der Waals surface area contributed by atoms with E-state index in [2.05, 4.69) is 21.4 Å². The highest BCUT2D eigenvalue weighted by molar-refractivity contribution is 5.97. The van der Waals surface area contributed by atoms with Gasteiger partial charge in [-0.05, 0) is 6.92 Å². The lowest BCUT2D eigenvalue weighted by Gasteiger charge is -2.16. The molecule has 0 aliphatic heterocycles. The topological polar surface area (TPSA) is 94.2 Å². The number of nitrogens with zero attached hydrogens (tertiary/aromatic N) is 2. The number of rotatable bonds is 1. The Bertz CT molecular complexity index is 251. The molecule has 79 valence electrons. The minimum atomic E-state index is -0.898. The van der Waals surface area contributed by atoms with Crippen LogP contribution < -0.4 is 5.73 Å². The summed E-state index contributed by atoms with van der Waals surface area (Å²) < 4.78 is 8.60. The molecular weight excluding hydrogens is 190 g/mol. The van der Waals surface area contributed by atoms with Crippen LogP contribution in [-0.2, 0) is 9.47 Å². The van der Waals surface area contributed by atoms with Crippen LogP contribution in [-0.4, -0.2) is 43.8 Å². The van der Waals surface area contributed by atoms with Gasteiger partial charge in [-0.1, -0.05) is 0 Å². The molecule has 0 aliphatic rings. The van der Waals surface area contributed by atoms with Crippen molar-refractivity contribution in [3.8, 4) is 0 Å². The molecular formula is C7H12N3O4. The second-order valence-electron chi connectivity index (χ2n) is 2.06. The lowest BCUT2D eigenvalue weighted by Crippen LogP contribution is -2.42. The van der Waals surface area contributed by atoms with Crippen molar-refractivity contribution < 1.29 is 19.1 Å². The maximum atomic E-state index is 11.0. The summed E-state index contributed by atoms with van der Waals surface area (Å²) in [6.07, 6.45) is -1.64. The van der Waals surface area contributed by atoms with Crippen molar-refractivity contribution in [2.24, 2.45) is 10.7 Å². The maximum Gasteiger partial charge on any atom is 0.436 e. The Hall–Kier alpha value is -1.79. The van der Waals surface area contributed by atoms with Crippen molar-refractivity contribution in [2.75, 3.05) is 20.8 Å². The van der Waals surface area contributed by atoms with E-state index in [1.807, 2.05) is 0 Å². The normalized spacial score (nSPS) is 10.6. The van der Waals surface area contributed by atoms with Gasteiger partial charge in [0.1, 0.15) is 0 Å². The molecule has 0 saturated heterocycles. The predicted molar refractivity (Wildman–Crippen MR) is 48.5 cm³/mol. The number of methoxy groups -OCH3 is 2. The van der Waals surface area contributed by atoms with Crippen LogP contribution in [0.25, 0.3) is 0 Å². The monoisotopic (exact) mass is 202 g/mol. The number of guanidine groups is 1. The molecule has 0 saturated carbocycles. The fourth-order valence-corrected chi connectivity index (χ4v) is 0.609. The molecule has 0 fully saturated rings. The van der Waals surface area contributed by atoms with Gasteiger partial charge in [0.2, 0.25) is 5.96 Å². The summed E-state index contributed by atoms with van der Waals surface area (Å²) in [6, 6.07) is 0. The van der Waals surface area contributed by atoms with Crippen LogP contribution in [0.1, 0.15) is 0 Å². The molecule has 0 rings (SSSR count). The number of amides is 2. The highest BCUT2D eigenvalue weighted by Gasteiger charge is 2.16. The fraction of sp³-hybridized carbons (Fsp3) is 0.429. The molecule has 7 heteroatoms. The van der Waals surface area contributed by atoms with Crippen LogP contribution in [0.15, 0.2) is 4.99 Å². The third kappa shape index (κ3) is 3.30. The van der Waals surface area contributed by atoms with E-state index < -0.39 is 12.2 Å². The van der Waals surface area contributed by atoms with Crippen LogP contribution in [0.3, 0.4) is 0 Å². The van der Waals surface area contributed by atoms with Gasteiger partial charge in [-0.25, -0.2) is 14.5 Å². The standard InChI is InChI=1S/C7H12N3O4/c1-4-10(7(12)14-3)5(8)9-6(11)13-2/h1,4H2,2-3H3,(H2,8,9,11). The number of hydrogen-bond acceptors (Lipinski definition) is 4. The Morgan fingerprint density at radius 3 is 2.36 bits per heavy atom. The Morgan fingerprint density at radius 2 is 2.00 bits per heavy atom. The Morgan fingerprint density at radius 1 is 1.43 bits per heavy atom. The van der Waals surface area contributed by atoms with Gasteiger partial charge < -0.3 is 15.2 Å². The van der Waals surface area contributed by atoms with Crippen molar-refractivity contribution >= 4 is 18.1 Å². The van der Waals surface area contributed by atoms with Gasteiger partial charge in [-0.15, -0.1) is 4.99 Å². The summed E-state index contributed by atoms with van der Waals surface area (Å²) in [5, 5.41) is 0. The number of aliphatic imine (C=N–C) groups is 1. The number of nitrogens with two attached hydrogens (primary N) is 1. The van der Waals surface area contributed by atoms with E-state index in [1.54, 1.807) is 0 Å². The molecule has 7 nitrogen and oxygen atoms in total. The Balaban J connectivity index is 4.60. The van der Waals surface area contributed by atoms with Gasteiger partial charge in [0, 0.05) is 6.54 Å². The molecule has 0 aromatic rings. The number of ether oxygens (including phenoxy) is 2. The second kappa shape index (κ2) is 5.79. The minimum absolute atomic E-state index is 0.000991. The SMILES string of the molecule is [CH2]CN(C(=O)OC)/C(N)=N/C(=O)OC. The Labute approximate surface area is 81.5 Å². The lowest BCUT2D eigenvalue weighted by atomic mass is 10.6. The molecule has 1 radical (unpaired) electrons. The minimum Gasteiger partial charge on any atom is -0.452 e. The molecule has 0 atom stereocenters. The van der Waals surface area contributed by atoms with Crippen molar-refractivity contribution in [1.29, 1.82) is 0 Å². The zero-order valence-corrected chi connectivity index (χ0v) is 8.02. The number of carbonyl (C=O) groups excluding carboxylic acids is 2. The summed E-state index contributed by atoms with van der Waals surface area (Å²) in [4.78, 5) is 25.8. The quantitative estimate of drug-likeness (QED) is 0.476. The van der Waals surface area contributed by atoms with Gasteiger partial charge >= 0.3 is 12.2 Å². The third-order valence-corrected chi connectivity index (χ3v) is 1.28. The zero-order valence-electron chi connectivity index (χ0n) is 8.02. The van der Waals surface area contributed by atoms with E-state index in [9.17, 15) is 9.59 Å². The van der Waals surface area contributed by atoms with Crippen molar-refractivity contribution in [2.45, 2.75) is 0 Å². The fourth-order valence-electron chi connectivity index (χ4n) is 0.609. The first-order valence-corrected chi connectivity index (χ1v) is 3.63. The summed E-state index contributed by atoms with van der Waals surface area (Å²) in [5.41, 5.74) is 5.32. The van der Waals surface area contributed by atoms with Crippen molar-refractivity contribution in [1.82, 2.24) is 4.90 Å². The van der Waals surface area contributed by atoms with Gasteiger partial charge in [0.25, 0.3) is 0 Å². The molecule has 0 spiro atoms. The van der Waals surface area contributed by atoms with Crippen LogP contribution in [0.2, 0.25) is 0 Å². The predicted octanol–water partition coefficient (Wildman–Crippen LogP) is -0.0300. The number of carbonyl (C=O) groups is 2. The van der Waals surface area contributed by atoms with Gasteiger partial charge in [0.05, 0.1) is 14.2 Å². The summed E-state index contributed by atoms with van der Waals surface area (Å²) in [7, 11) is 2.32. The van der Waals surface area contributed by atoms with E-state index in [1.165, 1.54) is 7.11 Å². The van der Waals surface area contributed by atoms with Gasteiger partial charge in [0.15, 0.2) is 0 Å². The number of hydrogen-bond donors (Lipinski definition) is 1. The zero-order chi connectivity index (χ0) is 11.1. The first-order valence-electron chi connectivity index (χ1n) is 3.63. The Kier molecular flexibility index (Phi) is 5.05. The molecule has 0 aromatic carbocycles. The summed E-state index contributed by atoms with van der Waals surface area (Å²) >= 11 is 0. The molecule has 14 heavy (non-hydrogen) atoms. The average Bonchev–Trinajstić information content (AvgIpc) is 2.18. The molecule has 0 aliphatic carbocycles. The van der Waals surface area contributed by atoms with Gasteiger partial charge in [-0.3, -0.25) is 0 Å². The summed E-state index contributed by atoms with van der Waals surface area (Å²) in [5.74, 6) is -0.321. The van der Waals surface area contributed by atoms with E-state index >= 15 is 0 Å². The largest absolute Gasteiger partial charge is 0.452 e. The summed E-state index contributed by atoms with van der Waals surface area (Å²) in [6.45, 7) is 3.42.